The zero-order chi connectivity index (χ0) is 18.6. The van der Waals surface area contributed by atoms with E-state index in [1.807, 2.05) is 6.92 Å². The van der Waals surface area contributed by atoms with E-state index in [9.17, 15) is 14.7 Å². The summed E-state index contributed by atoms with van der Waals surface area (Å²) in [5.41, 5.74) is 1.11. The van der Waals surface area contributed by atoms with Crippen molar-refractivity contribution in [3.05, 3.63) is 22.2 Å². The number of amides is 2. The van der Waals surface area contributed by atoms with Crippen LogP contribution in [0.4, 0.5) is 4.79 Å². The van der Waals surface area contributed by atoms with Crippen LogP contribution >= 0.6 is 15.9 Å². The van der Waals surface area contributed by atoms with Crippen LogP contribution in [0.15, 0.2) is 21.6 Å². The predicted octanol–water partition coefficient (Wildman–Crippen LogP) is 3.35. The molecule has 2 N–H and O–H groups in total. The van der Waals surface area contributed by atoms with Crippen LogP contribution in [0.2, 0.25) is 0 Å². The summed E-state index contributed by atoms with van der Waals surface area (Å²) in [4.78, 5) is 28.5. The van der Waals surface area contributed by atoms with Crippen molar-refractivity contribution >= 4 is 33.6 Å². The van der Waals surface area contributed by atoms with Crippen molar-refractivity contribution in [1.29, 1.82) is 0 Å². The topological polar surface area (TPSA) is 97.2 Å². The molecule has 1 heterocycles. The molecule has 0 saturated heterocycles. The average molecular weight is 413 g/mol. The van der Waals surface area contributed by atoms with Gasteiger partial charge in [-0.15, -0.1) is 0 Å². The van der Waals surface area contributed by atoms with Crippen molar-refractivity contribution in [2.24, 2.45) is 10.9 Å². The number of ether oxygens (including phenoxy) is 2. The van der Waals surface area contributed by atoms with Crippen LogP contribution in [-0.2, 0) is 9.53 Å². The molecule has 7 nitrogen and oxygen atoms in total. The van der Waals surface area contributed by atoms with E-state index in [-0.39, 0.29) is 18.1 Å². The van der Waals surface area contributed by atoms with E-state index in [4.69, 9.17) is 9.47 Å². The van der Waals surface area contributed by atoms with Crippen LogP contribution < -0.4 is 10.1 Å². The van der Waals surface area contributed by atoms with Gasteiger partial charge in [-0.25, -0.2) is 9.79 Å². The number of aromatic hydroxyl groups is 1. The van der Waals surface area contributed by atoms with E-state index in [2.05, 4.69) is 26.2 Å². The largest absolute Gasteiger partial charge is 0.503 e. The molecule has 25 heavy (non-hydrogen) atoms. The van der Waals surface area contributed by atoms with Crippen molar-refractivity contribution in [2.75, 3.05) is 13.7 Å². The number of esters is 1. The molecule has 8 heteroatoms. The summed E-state index contributed by atoms with van der Waals surface area (Å²) >= 11 is 3.26. The first-order valence-corrected chi connectivity index (χ1v) is 8.83. The molecular formula is C17H21BrN2O5. The van der Waals surface area contributed by atoms with Gasteiger partial charge in [-0.2, -0.15) is 0 Å². The summed E-state index contributed by atoms with van der Waals surface area (Å²) in [6.45, 7) is 3.91. The number of hydrogen-bond acceptors (Lipinski definition) is 5. The van der Waals surface area contributed by atoms with Gasteiger partial charge in [0.05, 0.1) is 24.2 Å². The third kappa shape index (κ3) is 4.12. The Balaban J connectivity index is 2.52. The van der Waals surface area contributed by atoms with E-state index in [1.54, 1.807) is 19.1 Å². The molecule has 2 unspecified atom stereocenters. The highest BCUT2D eigenvalue weighted by Gasteiger charge is 2.39. The van der Waals surface area contributed by atoms with Gasteiger partial charge in [-0.3, -0.25) is 4.79 Å². The fourth-order valence-electron chi connectivity index (χ4n) is 2.82. The third-order valence-electron chi connectivity index (χ3n) is 3.89. The van der Waals surface area contributed by atoms with Gasteiger partial charge in [-0.1, -0.05) is 13.3 Å². The average Bonchev–Trinajstić information content (AvgIpc) is 2.57. The van der Waals surface area contributed by atoms with E-state index in [0.29, 0.717) is 22.2 Å². The number of nitrogens with one attached hydrogen (secondary N) is 1. The van der Waals surface area contributed by atoms with Crippen LogP contribution in [0, 0.1) is 5.92 Å². The van der Waals surface area contributed by atoms with Crippen molar-refractivity contribution < 1.29 is 24.2 Å². The fourth-order valence-corrected chi connectivity index (χ4v) is 3.28. The summed E-state index contributed by atoms with van der Waals surface area (Å²) in [5, 5.41) is 12.7. The molecule has 2 amide bonds. The minimum Gasteiger partial charge on any atom is -0.503 e. The Bertz CT molecular complexity index is 705. The Morgan fingerprint density at radius 1 is 1.40 bits per heavy atom. The number of urea groups is 1. The number of aliphatic imine (C=N–C) groups is 1. The standard InChI is InChI=1S/C17H21BrN2O5/c1-4-6-11-13(16(22)25-5-2)14(20-17(23)19-11)9-7-10(18)15(21)12(8-9)24-3/h7-8,13-14,21H,4-6H2,1-3H3,(H,20,23). The first kappa shape index (κ1) is 19.2. The highest BCUT2D eigenvalue weighted by molar-refractivity contribution is 9.10. The van der Waals surface area contributed by atoms with Gasteiger partial charge in [0.2, 0.25) is 0 Å². The number of carbonyl (C=O) groups is 2. The molecule has 2 rings (SSSR count). The highest BCUT2D eigenvalue weighted by atomic mass is 79.9. The summed E-state index contributed by atoms with van der Waals surface area (Å²) in [6.07, 6.45) is 1.27. The second-order valence-corrected chi connectivity index (χ2v) is 6.42. The second-order valence-electron chi connectivity index (χ2n) is 5.56. The molecule has 1 aromatic rings. The SMILES string of the molecule is CCCC1=NC(=O)NC(c2cc(Br)c(O)c(OC)c2)C1C(=O)OCC. The van der Waals surface area contributed by atoms with Crippen LogP contribution in [0.5, 0.6) is 11.5 Å². The first-order valence-electron chi connectivity index (χ1n) is 8.03. The van der Waals surface area contributed by atoms with E-state index < -0.39 is 24.0 Å². The Morgan fingerprint density at radius 3 is 2.72 bits per heavy atom. The van der Waals surface area contributed by atoms with Gasteiger partial charge in [0.1, 0.15) is 5.92 Å². The van der Waals surface area contributed by atoms with E-state index in [1.165, 1.54) is 7.11 Å². The molecular weight excluding hydrogens is 392 g/mol. The van der Waals surface area contributed by atoms with Crippen molar-refractivity contribution in [1.82, 2.24) is 5.32 Å². The van der Waals surface area contributed by atoms with Gasteiger partial charge in [0.15, 0.2) is 11.5 Å². The molecule has 0 radical (unpaired) electrons. The molecule has 0 saturated carbocycles. The van der Waals surface area contributed by atoms with Gasteiger partial charge in [0, 0.05) is 5.71 Å². The number of halogens is 1. The Labute approximate surface area is 154 Å². The number of hydrogen-bond donors (Lipinski definition) is 2. The molecule has 1 aliphatic heterocycles. The van der Waals surface area contributed by atoms with Crippen LogP contribution in [0.25, 0.3) is 0 Å². The number of phenolic OH excluding ortho intramolecular Hbond substituents is 1. The normalized spacial score (nSPS) is 19.8. The van der Waals surface area contributed by atoms with E-state index >= 15 is 0 Å². The van der Waals surface area contributed by atoms with Gasteiger partial charge >= 0.3 is 12.0 Å². The van der Waals surface area contributed by atoms with Crippen molar-refractivity contribution in [3.63, 3.8) is 0 Å². The Hall–Kier alpha value is -2.09. The lowest BCUT2D eigenvalue weighted by Crippen LogP contribution is -2.45. The van der Waals surface area contributed by atoms with Crippen LogP contribution in [-0.4, -0.2) is 36.5 Å². The Kier molecular flexibility index (Phi) is 6.41. The third-order valence-corrected chi connectivity index (χ3v) is 4.50. The van der Waals surface area contributed by atoms with E-state index in [0.717, 1.165) is 6.42 Å². The fraction of sp³-hybridized carbons (Fsp3) is 0.471. The molecule has 0 fully saturated rings. The lowest BCUT2D eigenvalue weighted by atomic mass is 9.85. The maximum Gasteiger partial charge on any atom is 0.341 e. The zero-order valence-corrected chi connectivity index (χ0v) is 15.9. The van der Waals surface area contributed by atoms with Crippen molar-refractivity contribution in [2.45, 2.75) is 32.7 Å². The number of nitrogens with zero attached hydrogens (tertiary/aromatic N) is 1. The molecule has 1 aromatic carbocycles. The smallest absolute Gasteiger partial charge is 0.341 e. The number of methoxy groups -OCH3 is 1. The summed E-state index contributed by atoms with van der Waals surface area (Å²) in [6, 6.07) is 2.07. The first-order chi connectivity index (χ1) is 11.9. The predicted molar refractivity (Wildman–Crippen MR) is 96.1 cm³/mol. The zero-order valence-electron chi connectivity index (χ0n) is 14.3. The molecule has 1 aliphatic rings. The maximum atomic E-state index is 12.5. The second kappa shape index (κ2) is 8.33. The molecule has 0 spiro atoms. The van der Waals surface area contributed by atoms with Crippen LogP contribution in [0.1, 0.15) is 38.3 Å². The molecule has 0 bridgehead atoms. The van der Waals surface area contributed by atoms with Crippen molar-refractivity contribution in [3.8, 4) is 11.5 Å². The van der Waals surface area contributed by atoms with Gasteiger partial charge in [0.25, 0.3) is 0 Å². The number of phenols is 1. The number of carbonyl (C=O) groups excluding carboxylic acids is 2. The summed E-state index contributed by atoms with van der Waals surface area (Å²) in [5.74, 6) is -0.981. The molecule has 0 aliphatic carbocycles. The van der Waals surface area contributed by atoms with Crippen LogP contribution in [0.3, 0.4) is 0 Å². The van der Waals surface area contributed by atoms with Gasteiger partial charge in [-0.05, 0) is 47.0 Å². The van der Waals surface area contributed by atoms with Gasteiger partial charge < -0.3 is 19.9 Å². The lowest BCUT2D eigenvalue weighted by Gasteiger charge is -2.31. The minimum absolute atomic E-state index is 0.0523. The molecule has 2 atom stereocenters. The highest BCUT2D eigenvalue weighted by Crippen LogP contribution is 2.39. The maximum absolute atomic E-state index is 12.5. The number of rotatable bonds is 6. The number of benzene rings is 1. The lowest BCUT2D eigenvalue weighted by molar-refractivity contribution is -0.146. The minimum atomic E-state index is -0.723. The Morgan fingerprint density at radius 2 is 2.12 bits per heavy atom. The monoisotopic (exact) mass is 412 g/mol. The summed E-state index contributed by atoms with van der Waals surface area (Å²) < 4.78 is 10.8. The quantitative estimate of drug-likeness (QED) is 0.698. The molecule has 136 valence electrons. The molecule has 0 aromatic heterocycles. The summed E-state index contributed by atoms with van der Waals surface area (Å²) in [7, 11) is 1.43.